The van der Waals surface area contributed by atoms with Gasteiger partial charge in [-0.25, -0.2) is 20.1 Å². The van der Waals surface area contributed by atoms with E-state index in [1.165, 1.54) is 0 Å². The zero-order chi connectivity index (χ0) is 26.7. The molecular weight excluding hydrogens is 485 g/mol. The molecule has 0 aliphatic carbocycles. The first kappa shape index (κ1) is 28.2. The topological polar surface area (TPSA) is 162 Å². The zero-order valence-corrected chi connectivity index (χ0v) is 19.0. The lowest BCUT2D eigenvalue weighted by Gasteiger charge is -2.12. The molecule has 194 valence electrons. The molecule has 3 aromatic rings. The summed E-state index contributed by atoms with van der Waals surface area (Å²) in [7, 11) is 0. The van der Waals surface area contributed by atoms with Crippen molar-refractivity contribution >= 4 is 45.3 Å². The Balaban J connectivity index is 0.000000572. The van der Waals surface area contributed by atoms with Gasteiger partial charge in [0.15, 0.2) is 0 Å². The molecule has 5 N–H and O–H groups in total. The van der Waals surface area contributed by atoms with Crippen molar-refractivity contribution in [3.8, 4) is 0 Å². The highest BCUT2D eigenvalue weighted by Crippen LogP contribution is 2.29. The van der Waals surface area contributed by atoms with Gasteiger partial charge in [0.05, 0.1) is 11.1 Å². The van der Waals surface area contributed by atoms with E-state index in [0.717, 1.165) is 60.6 Å². The molecule has 0 fully saturated rings. The number of hydroxylamine groups is 1. The number of aromatic nitrogens is 2. The molecule has 13 heteroatoms. The minimum atomic E-state index is -5.08. The Kier molecular flexibility index (Phi) is 10.3. The van der Waals surface area contributed by atoms with Crippen LogP contribution < -0.4 is 10.8 Å². The Labute approximate surface area is 203 Å². The van der Waals surface area contributed by atoms with Crippen LogP contribution in [0.25, 0.3) is 21.7 Å². The number of hydrogen-bond acceptors (Lipinski definition) is 7. The SMILES string of the molecule is O=C(CCCCCCCNc1nc2cc(C(=O)O)ccc2c2cnccc12)NO.O=C(O)C(F)(F)F. The molecule has 0 radical (unpaired) electrons. The monoisotopic (exact) mass is 510 g/mol. The van der Waals surface area contributed by atoms with E-state index in [9.17, 15) is 27.9 Å². The Morgan fingerprint density at radius 3 is 2.22 bits per heavy atom. The normalized spacial score (nSPS) is 11.0. The maximum absolute atomic E-state index is 11.3. The number of carboxylic acids is 2. The van der Waals surface area contributed by atoms with Crippen LogP contribution in [-0.2, 0) is 9.59 Å². The predicted octanol–water partition coefficient (Wildman–Crippen LogP) is 4.37. The van der Waals surface area contributed by atoms with Gasteiger partial charge in [-0.1, -0.05) is 25.3 Å². The molecule has 36 heavy (non-hydrogen) atoms. The highest BCUT2D eigenvalue weighted by Gasteiger charge is 2.38. The molecule has 10 nitrogen and oxygen atoms in total. The lowest BCUT2D eigenvalue weighted by Crippen LogP contribution is -2.21. The van der Waals surface area contributed by atoms with Gasteiger partial charge in [-0.2, -0.15) is 13.2 Å². The summed E-state index contributed by atoms with van der Waals surface area (Å²) in [5.74, 6) is -3.36. The molecule has 0 bridgehead atoms. The van der Waals surface area contributed by atoms with E-state index in [-0.39, 0.29) is 11.5 Å². The van der Waals surface area contributed by atoms with Gasteiger partial charge < -0.3 is 15.5 Å². The Bertz CT molecular complexity index is 1220. The molecule has 1 amide bonds. The number of anilines is 1. The average molecular weight is 510 g/mol. The van der Waals surface area contributed by atoms with Crippen LogP contribution in [0.1, 0.15) is 48.9 Å². The standard InChI is InChI=1S/C21H24N4O4.C2HF3O2/c26-19(25-29)6-4-2-1-3-5-10-23-20-16-9-11-22-13-17(16)15-8-7-14(21(27)28)12-18(15)24-20;3-2(4,5)1(6)7/h7-9,11-13,29H,1-6,10H2,(H,23,24)(H,25,26)(H,27,28);(H,6,7). The minimum absolute atomic E-state index is 0.203. The van der Waals surface area contributed by atoms with Gasteiger partial charge in [0, 0.05) is 41.5 Å². The fraction of sp³-hybridized carbons (Fsp3) is 0.348. The van der Waals surface area contributed by atoms with Crippen molar-refractivity contribution in [1.82, 2.24) is 15.4 Å². The smallest absolute Gasteiger partial charge is 0.478 e. The van der Waals surface area contributed by atoms with Crippen LogP contribution >= 0.6 is 0 Å². The number of nitrogens with one attached hydrogen (secondary N) is 2. The predicted molar refractivity (Wildman–Crippen MR) is 124 cm³/mol. The quantitative estimate of drug-likeness (QED) is 0.115. The van der Waals surface area contributed by atoms with Crippen molar-refractivity contribution in [2.45, 2.75) is 44.7 Å². The summed E-state index contributed by atoms with van der Waals surface area (Å²) in [4.78, 5) is 40.0. The van der Waals surface area contributed by atoms with Crippen molar-refractivity contribution in [3.05, 3.63) is 42.2 Å². The van der Waals surface area contributed by atoms with Crippen molar-refractivity contribution in [1.29, 1.82) is 0 Å². The van der Waals surface area contributed by atoms with Crippen molar-refractivity contribution < 1.29 is 43.0 Å². The van der Waals surface area contributed by atoms with Crippen LogP contribution in [0, 0.1) is 0 Å². The molecule has 3 rings (SSSR count). The van der Waals surface area contributed by atoms with Crippen molar-refractivity contribution in [2.24, 2.45) is 0 Å². The van der Waals surface area contributed by atoms with Gasteiger partial charge >= 0.3 is 18.1 Å². The van der Waals surface area contributed by atoms with E-state index in [0.29, 0.717) is 11.9 Å². The number of amides is 1. The fourth-order valence-corrected chi connectivity index (χ4v) is 3.32. The highest BCUT2D eigenvalue weighted by molar-refractivity contribution is 6.10. The number of alkyl halides is 3. The number of hydrogen-bond donors (Lipinski definition) is 5. The molecule has 0 saturated heterocycles. The number of nitrogens with zero attached hydrogens (tertiary/aromatic N) is 2. The molecule has 0 aliphatic rings. The van der Waals surface area contributed by atoms with E-state index >= 15 is 0 Å². The molecule has 0 unspecified atom stereocenters. The number of halogens is 3. The molecule has 0 atom stereocenters. The van der Waals surface area contributed by atoms with E-state index in [2.05, 4.69) is 15.3 Å². The Morgan fingerprint density at radius 2 is 1.58 bits per heavy atom. The lowest BCUT2D eigenvalue weighted by atomic mass is 10.1. The van der Waals surface area contributed by atoms with Crippen LogP contribution in [0.3, 0.4) is 0 Å². The average Bonchev–Trinajstić information content (AvgIpc) is 2.84. The number of benzene rings is 1. The van der Waals surface area contributed by atoms with Gasteiger partial charge in [-0.15, -0.1) is 0 Å². The molecule has 2 heterocycles. The number of aromatic carboxylic acids is 1. The number of carboxylic acid groups (broad SMARTS) is 2. The molecule has 0 spiro atoms. The van der Waals surface area contributed by atoms with E-state index in [1.54, 1.807) is 36.1 Å². The summed E-state index contributed by atoms with van der Waals surface area (Å²) < 4.78 is 31.7. The van der Waals surface area contributed by atoms with Gasteiger partial charge in [0.2, 0.25) is 5.91 Å². The van der Waals surface area contributed by atoms with Gasteiger partial charge in [0.1, 0.15) is 5.82 Å². The first-order valence-electron chi connectivity index (χ1n) is 10.9. The Morgan fingerprint density at radius 1 is 0.917 bits per heavy atom. The summed E-state index contributed by atoms with van der Waals surface area (Å²) in [5.41, 5.74) is 2.46. The maximum Gasteiger partial charge on any atom is 0.490 e. The number of carbonyl (C=O) groups excluding carboxylic acids is 1. The van der Waals surface area contributed by atoms with E-state index < -0.39 is 18.1 Å². The van der Waals surface area contributed by atoms with E-state index in [1.807, 2.05) is 6.07 Å². The van der Waals surface area contributed by atoms with Crippen LogP contribution in [0.2, 0.25) is 0 Å². The second-order valence-electron chi connectivity index (χ2n) is 7.70. The highest BCUT2D eigenvalue weighted by atomic mass is 19.4. The summed E-state index contributed by atoms with van der Waals surface area (Å²) in [5, 5.41) is 30.9. The number of pyridine rings is 2. The van der Waals surface area contributed by atoms with Crippen LogP contribution in [0.4, 0.5) is 19.0 Å². The van der Waals surface area contributed by atoms with Crippen molar-refractivity contribution in [3.63, 3.8) is 0 Å². The van der Waals surface area contributed by atoms with Gasteiger partial charge in [-0.3, -0.25) is 15.0 Å². The van der Waals surface area contributed by atoms with Crippen LogP contribution in [0.5, 0.6) is 0 Å². The summed E-state index contributed by atoms with van der Waals surface area (Å²) in [6, 6.07) is 6.84. The molecule has 1 aromatic carbocycles. The summed E-state index contributed by atoms with van der Waals surface area (Å²) in [6.45, 7) is 0.742. The number of rotatable bonds is 10. The van der Waals surface area contributed by atoms with E-state index in [4.69, 9.17) is 15.1 Å². The third kappa shape index (κ3) is 8.34. The molecular formula is C23H25F3N4O6. The van der Waals surface area contributed by atoms with Crippen LogP contribution in [0.15, 0.2) is 36.7 Å². The zero-order valence-electron chi connectivity index (χ0n) is 19.0. The number of fused-ring (bicyclic) bond motifs is 3. The second-order valence-corrected chi connectivity index (χ2v) is 7.70. The van der Waals surface area contributed by atoms with Crippen molar-refractivity contribution in [2.75, 3.05) is 11.9 Å². The Hall–Kier alpha value is -4.00. The first-order valence-corrected chi connectivity index (χ1v) is 10.9. The van der Waals surface area contributed by atoms with Gasteiger partial charge in [-0.05, 0) is 31.0 Å². The number of aliphatic carboxylic acids is 1. The summed E-state index contributed by atoms with van der Waals surface area (Å²) in [6.07, 6.45) is 3.43. The number of carbonyl (C=O) groups is 3. The fourth-order valence-electron chi connectivity index (χ4n) is 3.32. The lowest BCUT2D eigenvalue weighted by molar-refractivity contribution is -0.192. The number of unbranched alkanes of at least 4 members (excludes halogenated alkanes) is 4. The third-order valence-corrected chi connectivity index (χ3v) is 5.08. The summed E-state index contributed by atoms with van der Waals surface area (Å²) >= 11 is 0. The second kappa shape index (κ2) is 13.2. The van der Waals surface area contributed by atoms with Gasteiger partial charge in [0.25, 0.3) is 0 Å². The maximum atomic E-state index is 11.3. The first-order chi connectivity index (χ1) is 17.0. The third-order valence-electron chi connectivity index (χ3n) is 5.08. The molecule has 0 aliphatic heterocycles. The minimum Gasteiger partial charge on any atom is -0.478 e. The van der Waals surface area contributed by atoms with Crippen LogP contribution in [-0.4, -0.2) is 56.0 Å². The molecule has 0 saturated carbocycles. The molecule has 2 aromatic heterocycles. The largest absolute Gasteiger partial charge is 0.490 e.